The highest BCUT2D eigenvalue weighted by Crippen LogP contribution is 1.94. The molecule has 0 aromatic heterocycles. The van der Waals surface area contributed by atoms with Crippen LogP contribution in [0.25, 0.3) is 0 Å². The molecule has 0 aliphatic heterocycles. The van der Waals surface area contributed by atoms with Crippen molar-refractivity contribution in [2.45, 2.75) is 6.92 Å². The zero-order valence-corrected chi connectivity index (χ0v) is 8.34. The van der Waals surface area contributed by atoms with Crippen LogP contribution in [0.15, 0.2) is 29.5 Å². The standard InChI is InChI=1S/C7H11IN2/c1-4-7(8)10-5-6(2)9-3/h4-5,9H,1H2,2-3H3/b6-5-,10-7?. The second-order valence-electron chi connectivity index (χ2n) is 1.72. The minimum absolute atomic E-state index is 0.896. The van der Waals surface area contributed by atoms with Gasteiger partial charge < -0.3 is 5.32 Å². The Hall–Kier alpha value is -0.320. The third-order valence-electron chi connectivity index (χ3n) is 0.944. The van der Waals surface area contributed by atoms with E-state index in [0.717, 1.165) is 9.42 Å². The van der Waals surface area contributed by atoms with E-state index in [1.54, 1.807) is 12.3 Å². The lowest BCUT2D eigenvalue weighted by Gasteiger charge is -1.93. The summed E-state index contributed by atoms with van der Waals surface area (Å²) in [6.45, 7) is 5.53. The number of nitrogens with zero attached hydrogens (tertiary/aromatic N) is 1. The van der Waals surface area contributed by atoms with Gasteiger partial charge in [-0.3, -0.25) is 0 Å². The molecule has 0 radical (unpaired) electrons. The number of hydrogen-bond acceptors (Lipinski definition) is 2. The summed E-state index contributed by atoms with van der Waals surface area (Å²) in [5.41, 5.74) is 1.04. The van der Waals surface area contributed by atoms with E-state index in [4.69, 9.17) is 0 Å². The zero-order valence-electron chi connectivity index (χ0n) is 6.19. The van der Waals surface area contributed by atoms with Crippen LogP contribution in [0.5, 0.6) is 0 Å². The molecule has 0 aromatic rings. The Morgan fingerprint density at radius 1 is 1.70 bits per heavy atom. The molecule has 0 aliphatic carbocycles. The van der Waals surface area contributed by atoms with Gasteiger partial charge in [-0.05, 0) is 35.6 Å². The maximum Gasteiger partial charge on any atom is 0.100 e. The van der Waals surface area contributed by atoms with E-state index in [2.05, 4.69) is 39.5 Å². The molecule has 0 amide bonds. The Morgan fingerprint density at radius 3 is 2.70 bits per heavy atom. The maximum atomic E-state index is 4.07. The summed E-state index contributed by atoms with van der Waals surface area (Å²) in [6.07, 6.45) is 3.48. The van der Waals surface area contributed by atoms with Crippen LogP contribution in [0, 0.1) is 0 Å². The van der Waals surface area contributed by atoms with E-state index in [0.29, 0.717) is 0 Å². The van der Waals surface area contributed by atoms with Crippen molar-refractivity contribution in [2.75, 3.05) is 7.05 Å². The first-order valence-electron chi connectivity index (χ1n) is 2.91. The minimum Gasteiger partial charge on any atom is -0.390 e. The van der Waals surface area contributed by atoms with E-state index in [-0.39, 0.29) is 0 Å². The lowest BCUT2D eigenvalue weighted by atomic mass is 10.5. The molecular formula is C7H11IN2. The zero-order chi connectivity index (χ0) is 7.98. The number of rotatable bonds is 3. The monoisotopic (exact) mass is 250 g/mol. The Morgan fingerprint density at radius 2 is 2.30 bits per heavy atom. The van der Waals surface area contributed by atoms with Crippen molar-refractivity contribution in [3.8, 4) is 0 Å². The molecule has 0 saturated carbocycles. The topological polar surface area (TPSA) is 24.4 Å². The van der Waals surface area contributed by atoms with E-state index in [1.165, 1.54) is 0 Å². The van der Waals surface area contributed by atoms with E-state index in [1.807, 2.05) is 14.0 Å². The van der Waals surface area contributed by atoms with E-state index < -0.39 is 0 Å². The molecule has 0 unspecified atom stereocenters. The average Bonchev–Trinajstić information content (AvgIpc) is 1.99. The van der Waals surface area contributed by atoms with Crippen molar-refractivity contribution in [1.82, 2.24) is 5.32 Å². The summed E-state index contributed by atoms with van der Waals surface area (Å²) >= 11 is 2.11. The number of halogens is 1. The lowest BCUT2D eigenvalue weighted by molar-refractivity contribution is 0.981. The predicted molar refractivity (Wildman–Crippen MR) is 54.5 cm³/mol. The van der Waals surface area contributed by atoms with Gasteiger partial charge in [-0.2, -0.15) is 0 Å². The van der Waals surface area contributed by atoms with Gasteiger partial charge in [-0.1, -0.05) is 6.58 Å². The van der Waals surface area contributed by atoms with E-state index >= 15 is 0 Å². The van der Waals surface area contributed by atoms with Crippen molar-refractivity contribution < 1.29 is 0 Å². The highest BCUT2D eigenvalue weighted by Gasteiger charge is 1.80. The number of allylic oxidation sites excluding steroid dienone is 2. The SMILES string of the molecule is C=CC(I)=N/C=C(/C)NC. The molecule has 0 heterocycles. The fraction of sp³-hybridized carbons (Fsp3) is 0.286. The molecular weight excluding hydrogens is 239 g/mol. The number of aliphatic imine (C=N–C) groups is 1. The molecule has 0 fully saturated rings. The lowest BCUT2D eigenvalue weighted by Crippen LogP contribution is -2.00. The number of hydrogen-bond donors (Lipinski definition) is 1. The molecule has 1 N–H and O–H groups in total. The van der Waals surface area contributed by atoms with Crippen molar-refractivity contribution in [1.29, 1.82) is 0 Å². The largest absolute Gasteiger partial charge is 0.390 e. The van der Waals surface area contributed by atoms with Gasteiger partial charge >= 0.3 is 0 Å². The fourth-order valence-corrected chi connectivity index (χ4v) is 0.415. The summed E-state index contributed by atoms with van der Waals surface area (Å²) in [5, 5.41) is 2.96. The van der Waals surface area contributed by atoms with Crippen LogP contribution >= 0.6 is 22.6 Å². The van der Waals surface area contributed by atoms with Crippen LogP contribution in [0.2, 0.25) is 0 Å². The Kier molecular flexibility index (Phi) is 5.29. The van der Waals surface area contributed by atoms with Gasteiger partial charge in [0, 0.05) is 18.9 Å². The van der Waals surface area contributed by atoms with Crippen LogP contribution in [-0.2, 0) is 0 Å². The summed E-state index contributed by atoms with van der Waals surface area (Å²) in [5.74, 6) is 0. The van der Waals surface area contributed by atoms with Crippen molar-refractivity contribution in [3.63, 3.8) is 0 Å². The van der Waals surface area contributed by atoms with Crippen LogP contribution in [0.1, 0.15) is 6.92 Å². The first kappa shape index (κ1) is 9.68. The van der Waals surface area contributed by atoms with E-state index in [9.17, 15) is 0 Å². The second-order valence-corrected chi connectivity index (χ2v) is 2.82. The van der Waals surface area contributed by atoms with Crippen LogP contribution in [0.4, 0.5) is 0 Å². The molecule has 0 bridgehead atoms. The van der Waals surface area contributed by atoms with Gasteiger partial charge in [0.2, 0.25) is 0 Å². The quantitative estimate of drug-likeness (QED) is 0.602. The summed E-state index contributed by atoms with van der Waals surface area (Å²) in [7, 11) is 1.86. The van der Waals surface area contributed by atoms with Crippen molar-refractivity contribution >= 4 is 26.3 Å². The Balaban J connectivity index is 4.03. The van der Waals surface area contributed by atoms with Crippen LogP contribution in [-0.4, -0.2) is 10.8 Å². The van der Waals surface area contributed by atoms with Gasteiger partial charge in [0.15, 0.2) is 0 Å². The summed E-state index contributed by atoms with van der Waals surface area (Å²) < 4.78 is 0.896. The molecule has 0 aliphatic rings. The maximum absolute atomic E-state index is 4.07. The number of nitrogens with one attached hydrogen (secondary N) is 1. The van der Waals surface area contributed by atoms with Gasteiger partial charge in [-0.15, -0.1) is 0 Å². The average molecular weight is 250 g/mol. The Bertz CT molecular complexity index is 170. The highest BCUT2D eigenvalue weighted by molar-refractivity contribution is 14.1. The molecule has 2 nitrogen and oxygen atoms in total. The molecule has 0 spiro atoms. The third kappa shape index (κ3) is 4.55. The Labute approximate surface area is 75.3 Å². The second kappa shape index (κ2) is 5.46. The smallest absolute Gasteiger partial charge is 0.100 e. The van der Waals surface area contributed by atoms with Gasteiger partial charge in [0.25, 0.3) is 0 Å². The molecule has 0 aromatic carbocycles. The van der Waals surface area contributed by atoms with Crippen molar-refractivity contribution in [2.24, 2.45) is 4.99 Å². The molecule has 0 saturated heterocycles. The van der Waals surface area contributed by atoms with Crippen molar-refractivity contribution in [3.05, 3.63) is 24.6 Å². The van der Waals surface area contributed by atoms with Gasteiger partial charge in [0.05, 0.1) is 0 Å². The fourth-order valence-electron chi connectivity index (χ4n) is 0.276. The van der Waals surface area contributed by atoms with Crippen LogP contribution < -0.4 is 5.32 Å². The van der Waals surface area contributed by atoms with Gasteiger partial charge in [-0.25, -0.2) is 4.99 Å². The summed E-state index contributed by atoms with van der Waals surface area (Å²) in [6, 6.07) is 0. The molecule has 0 atom stereocenters. The normalized spacial score (nSPS) is 13.1. The molecule has 10 heavy (non-hydrogen) atoms. The highest BCUT2D eigenvalue weighted by atomic mass is 127. The molecule has 56 valence electrons. The first-order valence-corrected chi connectivity index (χ1v) is 3.99. The molecule has 0 rings (SSSR count). The van der Waals surface area contributed by atoms with Crippen LogP contribution in [0.3, 0.4) is 0 Å². The van der Waals surface area contributed by atoms with Gasteiger partial charge in [0.1, 0.15) is 3.72 Å². The summed E-state index contributed by atoms with van der Waals surface area (Å²) in [4.78, 5) is 4.07. The predicted octanol–water partition coefficient (Wildman–Crippen LogP) is 2.09. The first-order chi connectivity index (χ1) is 4.70. The molecule has 3 heteroatoms. The minimum atomic E-state index is 0.896. The third-order valence-corrected chi connectivity index (χ3v) is 1.66.